The van der Waals surface area contributed by atoms with Gasteiger partial charge in [-0.2, -0.15) is 4.98 Å². The first kappa shape index (κ1) is 12.3. The molecule has 2 atom stereocenters. The number of nitrogens with one attached hydrogen (secondary N) is 1. The predicted molar refractivity (Wildman–Crippen MR) is 79.8 cm³/mol. The van der Waals surface area contributed by atoms with E-state index in [0.717, 1.165) is 41.7 Å². The molecule has 4 heterocycles. The average molecular weight is 291 g/mol. The van der Waals surface area contributed by atoms with E-state index in [-0.39, 0.29) is 6.10 Å². The Bertz CT molecular complexity index is 631. The van der Waals surface area contributed by atoms with Crippen LogP contribution in [0.3, 0.4) is 0 Å². The lowest BCUT2D eigenvalue weighted by molar-refractivity contribution is 0.126. The van der Waals surface area contributed by atoms with Gasteiger partial charge in [0.2, 0.25) is 5.95 Å². The van der Waals surface area contributed by atoms with Crippen LogP contribution in [-0.2, 0) is 0 Å². The van der Waals surface area contributed by atoms with Crippen LogP contribution in [0.4, 0.5) is 11.8 Å². The Labute approximate surface area is 120 Å². The van der Waals surface area contributed by atoms with Crippen molar-refractivity contribution >= 4 is 33.3 Å². The molecule has 2 bridgehead atoms. The number of rotatable bonds is 2. The number of hydrogen-bond donors (Lipinski definition) is 3. The van der Waals surface area contributed by atoms with E-state index in [1.54, 1.807) is 11.3 Å². The standard InChI is InChI=1S/C13H17N5OS/c14-17-13-15-11(10-3-4-20-12(10)16-13)18-7-1-2-8(18)6-9(19)5-7/h3-4,7-9,19H,1-2,5-6,14H2,(H,15,16,17). The predicted octanol–water partition coefficient (Wildman–Crippen LogP) is 1.47. The fraction of sp³-hybridized carbons (Fsp3) is 0.538. The van der Waals surface area contributed by atoms with E-state index in [0.29, 0.717) is 18.0 Å². The van der Waals surface area contributed by atoms with Crippen LogP contribution in [0.5, 0.6) is 0 Å². The van der Waals surface area contributed by atoms with Crippen molar-refractivity contribution in [2.24, 2.45) is 5.84 Å². The summed E-state index contributed by atoms with van der Waals surface area (Å²) in [5.74, 6) is 6.91. The van der Waals surface area contributed by atoms with Crippen LogP contribution in [-0.4, -0.2) is 33.3 Å². The van der Waals surface area contributed by atoms with Gasteiger partial charge in [0.15, 0.2) is 0 Å². The highest BCUT2D eigenvalue weighted by molar-refractivity contribution is 7.16. The molecule has 0 amide bonds. The lowest BCUT2D eigenvalue weighted by Crippen LogP contribution is -2.45. The summed E-state index contributed by atoms with van der Waals surface area (Å²) < 4.78 is 0. The number of aliphatic hydroxyl groups is 1. The summed E-state index contributed by atoms with van der Waals surface area (Å²) in [5.41, 5.74) is 2.56. The van der Waals surface area contributed by atoms with E-state index in [9.17, 15) is 5.11 Å². The SMILES string of the molecule is NNc1nc(N2C3CCC2CC(O)C3)c2ccsc2n1. The number of hydrogen-bond acceptors (Lipinski definition) is 7. The van der Waals surface area contributed by atoms with Crippen molar-refractivity contribution in [3.8, 4) is 0 Å². The van der Waals surface area contributed by atoms with Crippen molar-refractivity contribution in [1.82, 2.24) is 9.97 Å². The zero-order chi connectivity index (χ0) is 13.7. The van der Waals surface area contributed by atoms with Gasteiger partial charge in [-0.3, -0.25) is 5.43 Å². The number of nitrogens with zero attached hydrogens (tertiary/aromatic N) is 3. The summed E-state index contributed by atoms with van der Waals surface area (Å²) in [5, 5.41) is 13.1. The van der Waals surface area contributed by atoms with E-state index in [1.165, 1.54) is 0 Å². The van der Waals surface area contributed by atoms with Crippen molar-refractivity contribution in [3.05, 3.63) is 11.4 Å². The minimum absolute atomic E-state index is 0.171. The number of nitrogens with two attached hydrogens (primary N) is 1. The van der Waals surface area contributed by atoms with Gasteiger partial charge >= 0.3 is 0 Å². The molecule has 7 heteroatoms. The minimum Gasteiger partial charge on any atom is -0.393 e. The van der Waals surface area contributed by atoms with E-state index < -0.39 is 0 Å². The number of thiophene rings is 1. The summed E-state index contributed by atoms with van der Waals surface area (Å²) in [6.45, 7) is 0. The van der Waals surface area contributed by atoms with Crippen LogP contribution in [0.15, 0.2) is 11.4 Å². The molecule has 2 saturated heterocycles. The zero-order valence-electron chi connectivity index (χ0n) is 11.0. The molecule has 2 fully saturated rings. The molecule has 2 aliphatic heterocycles. The highest BCUT2D eigenvalue weighted by atomic mass is 32.1. The van der Waals surface area contributed by atoms with Crippen LogP contribution in [0.2, 0.25) is 0 Å². The molecule has 2 aromatic rings. The fourth-order valence-electron chi connectivity index (χ4n) is 3.60. The third kappa shape index (κ3) is 1.77. The lowest BCUT2D eigenvalue weighted by Gasteiger charge is -2.38. The van der Waals surface area contributed by atoms with Crippen molar-refractivity contribution in [2.75, 3.05) is 10.3 Å². The molecule has 0 spiro atoms. The molecule has 2 aromatic heterocycles. The molecule has 4 N–H and O–H groups in total. The summed E-state index contributed by atoms with van der Waals surface area (Å²) in [7, 11) is 0. The number of hydrazine groups is 1. The smallest absolute Gasteiger partial charge is 0.240 e. The molecular formula is C13H17N5OS. The number of nitrogen functional groups attached to an aromatic ring is 1. The molecule has 0 saturated carbocycles. The van der Waals surface area contributed by atoms with Gasteiger partial charge in [-0.1, -0.05) is 0 Å². The van der Waals surface area contributed by atoms with Crippen LogP contribution >= 0.6 is 11.3 Å². The Balaban J connectivity index is 1.83. The number of aromatic nitrogens is 2. The van der Waals surface area contributed by atoms with Crippen molar-refractivity contribution in [3.63, 3.8) is 0 Å². The summed E-state index contributed by atoms with van der Waals surface area (Å²) in [4.78, 5) is 12.3. The van der Waals surface area contributed by atoms with Gasteiger partial charge in [-0.25, -0.2) is 10.8 Å². The first-order valence-corrected chi connectivity index (χ1v) is 7.82. The molecule has 2 unspecified atom stereocenters. The molecule has 2 aliphatic rings. The van der Waals surface area contributed by atoms with E-state index in [2.05, 4.69) is 26.4 Å². The fourth-order valence-corrected chi connectivity index (χ4v) is 4.35. The zero-order valence-corrected chi connectivity index (χ0v) is 11.8. The topological polar surface area (TPSA) is 87.3 Å². The van der Waals surface area contributed by atoms with Crippen LogP contribution in [0.25, 0.3) is 10.2 Å². The van der Waals surface area contributed by atoms with Crippen LogP contribution in [0.1, 0.15) is 25.7 Å². The molecular weight excluding hydrogens is 274 g/mol. The second kappa shape index (κ2) is 4.54. The average Bonchev–Trinajstić information content (AvgIpc) is 3.01. The maximum Gasteiger partial charge on any atom is 0.240 e. The summed E-state index contributed by atoms with van der Waals surface area (Å²) >= 11 is 1.60. The minimum atomic E-state index is -0.171. The molecule has 0 aromatic carbocycles. The second-order valence-corrected chi connectivity index (χ2v) is 6.47. The number of anilines is 2. The van der Waals surface area contributed by atoms with Crippen molar-refractivity contribution in [2.45, 2.75) is 43.9 Å². The van der Waals surface area contributed by atoms with E-state index in [1.807, 2.05) is 5.38 Å². The Morgan fingerprint density at radius 1 is 1.30 bits per heavy atom. The molecule has 0 aliphatic carbocycles. The normalized spacial score (nSPS) is 29.1. The van der Waals surface area contributed by atoms with E-state index >= 15 is 0 Å². The third-order valence-electron chi connectivity index (χ3n) is 4.39. The Morgan fingerprint density at radius 2 is 2.05 bits per heavy atom. The number of aliphatic hydroxyl groups excluding tert-OH is 1. The van der Waals surface area contributed by atoms with Gasteiger partial charge in [0, 0.05) is 12.1 Å². The number of fused-ring (bicyclic) bond motifs is 3. The molecule has 6 nitrogen and oxygen atoms in total. The highest BCUT2D eigenvalue weighted by Gasteiger charge is 2.41. The van der Waals surface area contributed by atoms with Gasteiger partial charge in [0.25, 0.3) is 0 Å². The maximum absolute atomic E-state index is 9.94. The quantitative estimate of drug-likeness (QED) is 0.574. The van der Waals surface area contributed by atoms with Crippen LogP contribution in [0, 0.1) is 0 Å². The van der Waals surface area contributed by atoms with Gasteiger partial charge in [-0.15, -0.1) is 11.3 Å². The third-order valence-corrected chi connectivity index (χ3v) is 5.19. The van der Waals surface area contributed by atoms with E-state index in [4.69, 9.17) is 5.84 Å². The van der Waals surface area contributed by atoms with Crippen molar-refractivity contribution < 1.29 is 5.11 Å². The molecule has 106 valence electrons. The lowest BCUT2D eigenvalue weighted by atomic mass is 10.00. The first-order chi connectivity index (χ1) is 9.76. The number of piperidine rings is 1. The Kier molecular flexibility index (Phi) is 2.80. The van der Waals surface area contributed by atoms with Gasteiger partial charge in [0.05, 0.1) is 11.5 Å². The monoisotopic (exact) mass is 291 g/mol. The Hall–Kier alpha value is -1.44. The molecule has 4 rings (SSSR count). The summed E-state index contributed by atoms with van der Waals surface area (Å²) in [6.07, 6.45) is 3.75. The first-order valence-electron chi connectivity index (χ1n) is 6.94. The molecule has 20 heavy (non-hydrogen) atoms. The van der Waals surface area contributed by atoms with Gasteiger partial charge < -0.3 is 10.0 Å². The van der Waals surface area contributed by atoms with Crippen molar-refractivity contribution in [1.29, 1.82) is 0 Å². The van der Waals surface area contributed by atoms with Gasteiger partial charge in [-0.05, 0) is 37.1 Å². The summed E-state index contributed by atoms with van der Waals surface area (Å²) in [6, 6.07) is 2.83. The Morgan fingerprint density at radius 3 is 2.75 bits per heavy atom. The van der Waals surface area contributed by atoms with Crippen LogP contribution < -0.4 is 16.2 Å². The second-order valence-electron chi connectivity index (χ2n) is 5.57. The highest BCUT2D eigenvalue weighted by Crippen LogP contribution is 2.41. The van der Waals surface area contributed by atoms with Gasteiger partial charge in [0.1, 0.15) is 10.6 Å². The largest absolute Gasteiger partial charge is 0.393 e. The molecule has 0 radical (unpaired) electrons. The maximum atomic E-state index is 9.94.